The van der Waals surface area contributed by atoms with Crippen LogP contribution in [0.4, 0.5) is 0 Å². The fraction of sp³-hybridized carbons (Fsp3) is 0.100. The van der Waals surface area contributed by atoms with Gasteiger partial charge in [-0.15, -0.1) is 0 Å². The molecule has 0 heteroatoms. The Labute approximate surface area is 118 Å². The summed E-state index contributed by atoms with van der Waals surface area (Å²) in [5, 5.41) is 2.94. The number of rotatable bonds is 0. The second-order valence-electron chi connectivity index (χ2n) is 5.78. The minimum absolute atomic E-state index is 0.433. The summed E-state index contributed by atoms with van der Waals surface area (Å²) in [6.07, 6.45) is 16.8. The average molecular weight is 254 g/mol. The molecule has 2 aromatic carbocycles. The zero-order valence-corrected chi connectivity index (χ0v) is 11.1. The smallest absolute Gasteiger partial charge is 0.0279 e. The summed E-state index contributed by atoms with van der Waals surface area (Å²) >= 11 is 0. The van der Waals surface area contributed by atoms with E-state index in [0.29, 0.717) is 5.92 Å². The number of benzene rings is 2. The van der Waals surface area contributed by atoms with Crippen molar-refractivity contribution in [3.8, 4) is 0 Å². The SMILES string of the molecule is C1=CC2=Cc3ccc4c5c(ccc(c35)C2C=C1)CC=C4. The van der Waals surface area contributed by atoms with Gasteiger partial charge in [-0.05, 0) is 45.0 Å². The van der Waals surface area contributed by atoms with Gasteiger partial charge in [-0.1, -0.05) is 66.8 Å². The summed E-state index contributed by atoms with van der Waals surface area (Å²) in [6.45, 7) is 0. The summed E-state index contributed by atoms with van der Waals surface area (Å²) in [4.78, 5) is 0. The van der Waals surface area contributed by atoms with Crippen LogP contribution in [0, 0.1) is 0 Å². The van der Waals surface area contributed by atoms with Crippen molar-refractivity contribution in [3.05, 3.63) is 82.5 Å². The fourth-order valence-electron chi connectivity index (χ4n) is 3.81. The number of hydrogen-bond donors (Lipinski definition) is 0. The molecule has 0 amide bonds. The van der Waals surface area contributed by atoms with E-state index in [9.17, 15) is 0 Å². The van der Waals surface area contributed by atoms with Crippen LogP contribution in [0.3, 0.4) is 0 Å². The molecule has 0 aliphatic heterocycles. The Hall–Kier alpha value is -2.34. The molecule has 0 radical (unpaired) electrons. The van der Waals surface area contributed by atoms with Crippen LogP contribution in [0.25, 0.3) is 22.9 Å². The molecule has 3 aliphatic rings. The lowest BCUT2D eigenvalue weighted by Gasteiger charge is -2.27. The lowest BCUT2D eigenvalue weighted by molar-refractivity contribution is 1.03. The lowest BCUT2D eigenvalue weighted by Crippen LogP contribution is -2.08. The summed E-state index contributed by atoms with van der Waals surface area (Å²) in [5.74, 6) is 0.433. The second-order valence-corrected chi connectivity index (χ2v) is 5.78. The lowest BCUT2D eigenvalue weighted by atomic mass is 9.76. The molecule has 0 saturated carbocycles. The van der Waals surface area contributed by atoms with Crippen molar-refractivity contribution in [3.63, 3.8) is 0 Å². The third-order valence-electron chi connectivity index (χ3n) is 4.70. The van der Waals surface area contributed by atoms with Gasteiger partial charge in [0.2, 0.25) is 0 Å². The fourth-order valence-corrected chi connectivity index (χ4v) is 3.81. The van der Waals surface area contributed by atoms with Gasteiger partial charge in [0.25, 0.3) is 0 Å². The first kappa shape index (κ1) is 10.4. The van der Waals surface area contributed by atoms with E-state index in [0.717, 1.165) is 6.42 Å². The maximum atomic E-state index is 2.36. The monoisotopic (exact) mass is 254 g/mol. The predicted molar refractivity (Wildman–Crippen MR) is 85.7 cm³/mol. The highest BCUT2D eigenvalue weighted by molar-refractivity contribution is 6.04. The Morgan fingerprint density at radius 2 is 1.80 bits per heavy atom. The number of hydrogen-bond acceptors (Lipinski definition) is 0. The van der Waals surface area contributed by atoms with E-state index in [-0.39, 0.29) is 0 Å². The highest BCUT2D eigenvalue weighted by atomic mass is 14.3. The summed E-state index contributed by atoms with van der Waals surface area (Å²) < 4.78 is 0. The molecule has 94 valence electrons. The molecule has 0 heterocycles. The first-order valence-corrected chi connectivity index (χ1v) is 7.23. The van der Waals surface area contributed by atoms with Crippen molar-refractivity contribution in [1.82, 2.24) is 0 Å². The topological polar surface area (TPSA) is 0 Å². The Kier molecular flexibility index (Phi) is 1.88. The van der Waals surface area contributed by atoms with E-state index in [2.05, 4.69) is 66.8 Å². The van der Waals surface area contributed by atoms with Crippen molar-refractivity contribution in [2.75, 3.05) is 0 Å². The first-order chi connectivity index (χ1) is 9.92. The molecule has 1 atom stereocenters. The zero-order chi connectivity index (χ0) is 13.1. The molecule has 1 unspecified atom stereocenters. The van der Waals surface area contributed by atoms with Gasteiger partial charge in [-0.3, -0.25) is 0 Å². The molecule has 0 fully saturated rings. The van der Waals surface area contributed by atoms with Gasteiger partial charge < -0.3 is 0 Å². The van der Waals surface area contributed by atoms with E-state index < -0.39 is 0 Å². The van der Waals surface area contributed by atoms with E-state index >= 15 is 0 Å². The third-order valence-corrected chi connectivity index (χ3v) is 4.70. The van der Waals surface area contributed by atoms with Crippen LogP contribution in [0.2, 0.25) is 0 Å². The molecule has 2 aromatic rings. The molecule has 0 bridgehead atoms. The molecule has 0 nitrogen and oxygen atoms in total. The quantitative estimate of drug-likeness (QED) is 0.619. The zero-order valence-electron chi connectivity index (χ0n) is 11.1. The molecular weight excluding hydrogens is 240 g/mol. The minimum atomic E-state index is 0.433. The van der Waals surface area contributed by atoms with Gasteiger partial charge in [0.1, 0.15) is 0 Å². The van der Waals surface area contributed by atoms with Crippen LogP contribution in [-0.4, -0.2) is 0 Å². The Morgan fingerprint density at radius 1 is 0.850 bits per heavy atom. The van der Waals surface area contributed by atoms with Crippen LogP contribution >= 0.6 is 0 Å². The number of allylic oxidation sites excluding steroid dienone is 6. The molecule has 0 saturated heterocycles. The van der Waals surface area contributed by atoms with Gasteiger partial charge in [-0.2, -0.15) is 0 Å². The average Bonchev–Trinajstić information content (AvgIpc) is 2.52. The Balaban J connectivity index is 1.97. The van der Waals surface area contributed by atoms with Crippen LogP contribution < -0.4 is 0 Å². The first-order valence-electron chi connectivity index (χ1n) is 7.23. The van der Waals surface area contributed by atoms with Crippen LogP contribution in [0.15, 0.2) is 60.2 Å². The van der Waals surface area contributed by atoms with Gasteiger partial charge in [0.15, 0.2) is 0 Å². The molecule has 5 rings (SSSR count). The maximum Gasteiger partial charge on any atom is 0.0279 e. The van der Waals surface area contributed by atoms with E-state index in [1.165, 1.54) is 38.6 Å². The van der Waals surface area contributed by atoms with Crippen molar-refractivity contribution >= 4 is 22.9 Å². The Morgan fingerprint density at radius 3 is 2.80 bits per heavy atom. The van der Waals surface area contributed by atoms with Gasteiger partial charge in [-0.25, -0.2) is 0 Å². The van der Waals surface area contributed by atoms with E-state index in [1.54, 1.807) is 0 Å². The summed E-state index contributed by atoms with van der Waals surface area (Å²) in [5.41, 5.74) is 7.10. The molecule has 0 aromatic heterocycles. The molecule has 0 spiro atoms. The minimum Gasteiger partial charge on any atom is -0.0795 e. The third kappa shape index (κ3) is 1.21. The van der Waals surface area contributed by atoms with Crippen molar-refractivity contribution < 1.29 is 0 Å². The van der Waals surface area contributed by atoms with Gasteiger partial charge in [0, 0.05) is 5.92 Å². The molecule has 0 N–H and O–H groups in total. The van der Waals surface area contributed by atoms with Crippen molar-refractivity contribution in [2.45, 2.75) is 12.3 Å². The van der Waals surface area contributed by atoms with E-state index in [1.807, 2.05) is 0 Å². The normalized spacial score (nSPS) is 21.0. The molecule has 3 aliphatic carbocycles. The van der Waals surface area contributed by atoms with Gasteiger partial charge in [0.05, 0.1) is 0 Å². The largest absolute Gasteiger partial charge is 0.0795 e. The molecule has 20 heavy (non-hydrogen) atoms. The summed E-state index contributed by atoms with van der Waals surface area (Å²) in [7, 11) is 0. The second kappa shape index (κ2) is 3.61. The summed E-state index contributed by atoms with van der Waals surface area (Å²) in [6, 6.07) is 9.20. The highest BCUT2D eigenvalue weighted by Crippen LogP contribution is 2.44. The standard InChI is InChI=1S/C20H14/c1-2-7-17-15(4-1)12-16-9-8-13-5-3-6-14-10-11-18(17)20(16)19(13)14/h1-5,7-12,17H,6H2. The van der Waals surface area contributed by atoms with Crippen LogP contribution in [-0.2, 0) is 6.42 Å². The Bertz CT molecular complexity index is 873. The maximum absolute atomic E-state index is 2.36. The van der Waals surface area contributed by atoms with Crippen molar-refractivity contribution in [1.29, 1.82) is 0 Å². The van der Waals surface area contributed by atoms with Crippen molar-refractivity contribution in [2.24, 2.45) is 0 Å². The highest BCUT2D eigenvalue weighted by Gasteiger charge is 2.24. The van der Waals surface area contributed by atoms with E-state index in [4.69, 9.17) is 0 Å². The number of fused-ring (bicyclic) bond motifs is 2. The molecular formula is C20H14. The predicted octanol–water partition coefficient (Wildman–Crippen LogP) is 5.02. The van der Waals surface area contributed by atoms with Crippen LogP contribution in [0.1, 0.15) is 28.2 Å². The van der Waals surface area contributed by atoms with Crippen LogP contribution in [0.5, 0.6) is 0 Å². The van der Waals surface area contributed by atoms with Gasteiger partial charge >= 0.3 is 0 Å².